The molecular formula is C37H82N3+3. The second-order valence-electron chi connectivity index (χ2n) is 15.2. The maximum absolute atomic E-state index is 2.52. The fourth-order valence-corrected chi connectivity index (χ4v) is 6.47. The predicted octanol–water partition coefficient (Wildman–Crippen LogP) is 10.2. The van der Waals surface area contributed by atoms with Crippen molar-refractivity contribution in [1.29, 1.82) is 0 Å². The molecule has 0 heterocycles. The van der Waals surface area contributed by atoms with Crippen molar-refractivity contribution < 1.29 is 13.4 Å². The lowest BCUT2D eigenvalue weighted by atomic mass is 10.1. The summed E-state index contributed by atoms with van der Waals surface area (Å²) >= 11 is 0. The summed E-state index contributed by atoms with van der Waals surface area (Å²) in [5, 5.41) is 0. The monoisotopic (exact) mass is 569 g/mol. The Hall–Kier alpha value is -0.120. The summed E-state index contributed by atoms with van der Waals surface area (Å²) in [4.78, 5) is 0. The van der Waals surface area contributed by atoms with Gasteiger partial charge in [-0.15, -0.1) is 0 Å². The third kappa shape index (κ3) is 25.6. The highest BCUT2D eigenvalue weighted by atomic mass is 15.3. The third-order valence-corrected chi connectivity index (χ3v) is 9.92. The first-order chi connectivity index (χ1) is 19.1. The van der Waals surface area contributed by atoms with E-state index in [0.717, 1.165) is 0 Å². The van der Waals surface area contributed by atoms with Gasteiger partial charge in [-0.2, -0.15) is 0 Å². The minimum absolute atomic E-state index is 1.21. The molecule has 0 aliphatic carbocycles. The van der Waals surface area contributed by atoms with E-state index < -0.39 is 0 Å². The molecule has 0 bridgehead atoms. The van der Waals surface area contributed by atoms with E-state index >= 15 is 0 Å². The molecule has 0 aromatic heterocycles. The van der Waals surface area contributed by atoms with E-state index in [1.165, 1.54) is 201 Å². The Balaban J connectivity index is 3.94. The minimum Gasteiger partial charge on any atom is -0.328 e. The molecule has 0 spiro atoms. The Kier molecular flexibility index (Phi) is 25.3. The van der Waals surface area contributed by atoms with E-state index in [1.54, 1.807) is 0 Å². The summed E-state index contributed by atoms with van der Waals surface area (Å²) < 4.78 is 3.68. The quantitative estimate of drug-likeness (QED) is 0.0576. The van der Waals surface area contributed by atoms with Crippen LogP contribution in [0.25, 0.3) is 0 Å². The number of hydrogen-bond acceptors (Lipinski definition) is 0. The zero-order chi connectivity index (χ0) is 30.0. The van der Waals surface area contributed by atoms with Crippen molar-refractivity contribution in [2.45, 2.75) is 162 Å². The molecule has 0 aromatic carbocycles. The zero-order valence-corrected chi connectivity index (χ0v) is 29.8. The van der Waals surface area contributed by atoms with Crippen molar-refractivity contribution in [3.05, 3.63) is 0 Å². The molecule has 3 heteroatoms. The number of hydrogen-bond donors (Lipinski definition) is 0. The molecule has 0 rings (SSSR count). The van der Waals surface area contributed by atoms with Gasteiger partial charge in [0.15, 0.2) is 0 Å². The van der Waals surface area contributed by atoms with Crippen LogP contribution in [0, 0.1) is 0 Å². The first-order valence-electron chi connectivity index (χ1n) is 18.6. The highest BCUT2D eigenvalue weighted by Crippen LogP contribution is 2.15. The molecule has 0 atom stereocenters. The van der Waals surface area contributed by atoms with Crippen LogP contribution < -0.4 is 0 Å². The molecule has 242 valence electrons. The average molecular weight is 569 g/mol. The summed E-state index contributed by atoms with van der Waals surface area (Å²) in [7, 11) is 12.4. The van der Waals surface area contributed by atoms with Crippen LogP contribution in [0.3, 0.4) is 0 Å². The van der Waals surface area contributed by atoms with E-state index in [2.05, 4.69) is 56.0 Å². The SMILES string of the molecule is CCCCCCCCCCCC[N+](C)(C)CCC[N+](C)(CC)CCC[N+](C)(C)CCCCCCCCCCCC. The van der Waals surface area contributed by atoms with Crippen LogP contribution in [0.1, 0.15) is 162 Å². The second kappa shape index (κ2) is 25.4. The molecular weight excluding hydrogens is 486 g/mol. The van der Waals surface area contributed by atoms with Gasteiger partial charge in [-0.25, -0.2) is 0 Å². The van der Waals surface area contributed by atoms with Gasteiger partial charge in [0.2, 0.25) is 0 Å². The third-order valence-electron chi connectivity index (χ3n) is 9.92. The molecule has 0 unspecified atom stereocenters. The van der Waals surface area contributed by atoms with Crippen molar-refractivity contribution in [2.75, 3.05) is 81.1 Å². The number of rotatable bonds is 31. The first kappa shape index (κ1) is 39.9. The van der Waals surface area contributed by atoms with Gasteiger partial charge in [0.05, 0.1) is 81.1 Å². The molecule has 0 aliphatic rings. The predicted molar refractivity (Wildman–Crippen MR) is 183 cm³/mol. The summed E-state index contributed by atoms with van der Waals surface area (Å²) in [6.45, 7) is 16.4. The van der Waals surface area contributed by atoms with Crippen molar-refractivity contribution >= 4 is 0 Å². The minimum atomic E-state index is 1.21. The number of unbranched alkanes of at least 4 members (excludes halogenated alkanes) is 18. The maximum Gasteiger partial charge on any atom is 0.0838 e. The van der Waals surface area contributed by atoms with Gasteiger partial charge in [-0.3, -0.25) is 0 Å². The summed E-state index contributed by atoms with van der Waals surface area (Å²) in [5.41, 5.74) is 0. The van der Waals surface area contributed by atoms with Crippen LogP contribution in [0.2, 0.25) is 0 Å². The van der Waals surface area contributed by atoms with E-state index in [4.69, 9.17) is 0 Å². The van der Waals surface area contributed by atoms with Gasteiger partial charge < -0.3 is 13.4 Å². The van der Waals surface area contributed by atoms with Crippen LogP contribution in [0.15, 0.2) is 0 Å². The molecule has 0 aromatic rings. The fraction of sp³-hybridized carbons (Fsp3) is 1.00. The van der Waals surface area contributed by atoms with Gasteiger partial charge in [0.25, 0.3) is 0 Å². The lowest BCUT2D eigenvalue weighted by molar-refractivity contribution is -0.927. The standard InChI is InChI=1S/C37H82N3/c1-9-12-14-16-18-20-22-24-26-28-32-38(4,5)34-30-36-40(8,11-3)37-31-35-39(6,7)33-29-27-25-23-21-19-17-15-13-10-2/h9-37H2,1-8H3/q+3. The molecule has 0 saturated carbocycles. The second-order valence-corrected chi connectivity index (χ2v) is 15.2. The van der Waals surface area contributed by atoms with Crippen LogP contribution in [-0.2, 0) is 0 Å². The summed E-state index contributed by atoms with van der Waals surface area (Å²) in [6.07, 6.45) is 31.5. The first-order valence-corrected chi connectivity index (χ1v) is 18.6. The highest BCUT2D eigenvalue weighted by molar-refractivity contribution is 4.50. The van der Waals surface area contributed by atoms with Crippen molar-refractivity contribution in [2.24, 2.45) is 0 Å². The molecule has 0 amide bonds. The Morgan fingerprint density at radius 3 is 0.800 bits per heavy atom. The Labute approximate surface area is 256 Å². The van der Waals surface area contributed by atoms with Gasteiger partial charge in [-0.05, 0) is 32.6 Å². The van der Waals surface area contributed by atoms with Gasteiger partial charge in [-0.1, -0.05) is 117 Å². The lowest BCUT2D eigenvalue weighted by Gasteiger charge is -2.37. The van der Waals surface area contributed by atoms with Crippen molar-refractivity contribution in [3.8, 4) is 0 Å². The summed E-state index contributed by atoms with van der Waals surface area (Å²) in [6, 6.07) is 0. The molecule has 40 heavy (non-hydrogen) atoms. The van der Waals surface area contributed by atoms with E-state index in [0.29, 0.717) is 0 Å². The molecule has 0 aliphatic heterocycles. The van der Waals surface area contributed by atoms with E-state index in [-0.39, 0.29) is 0 Å². The maximum atomic E-state index is 2.52. The van der Waals surface area contributed by atoms with Gasteiger partial charge >= 0.3 is 0 Å². The molecule has 0 N–H and O–H groups in total. The van der Waals surface area contributed by atoms with Crippen molar-refractivity contribution in [3.63, 3.8) is 0 Å². The largest absolute Gasteiger partial charge is 0.328 e. The van der Waals surface area contributed by atoms with Crippen LogP contribution in [0.4, 0.5) is 0 Å². The van der Waals surface area contributed by atoms with Crippen LogP contribution in [-0.4, -0.2) is 94.5 Å². The molecule has 0 radical (unpaired) electrons. The molecule has 3 nitrogen and oxygen atoms in total. The fourth-order valence-electron chi connectivity index (χ4n) is 6.47. The lowest BCUT2D eigenvalue weighted by Crippen LogP contribution is -2.50. The average Bonchev–Trinajstić information content (AvgIpc) is 2.90. The zero-order valence-electron chi connectivity index (χ0n) is 29.8. The van der Waals surface area contributed by atoms with E-state index in [9.17, 15) is 0 Å². The van der Waals surface area contributed by atoms with Gasteiger partial charge in [0.1, 0.15) is 0 Å². The highest BCUT2D eigenvalue weighted by Gasteiger charge is 2.24. The smallest absolute Gasteiger partial charge is 0.0838 e. The molecule has 0 fully saturated rings. The number of quaternary nitrogens is 3. The Morgan fingerprint density at radius 2 is 0.525 bits per heavy atom. The Morgan fingerprint density at radius 1 is 0.275 bits per heavy atom. The summed E-state index contributed by atoms with van der Waals surface area (Å²) in [5.74, 6) is 0. The Bertz CT molecular complexity index is 486. The van der Waals surface area contributed by atoms with E-state index in [1.807, 2.05) is 0 Å². The van der Waals surface area contributed by atoms with Crippen molar-refractivity contribution in [1.82, 2.24) is 0 Å². The molecule has 0 saturated heterocycles. The van der Waals surface area contributed by atoms with Crippen LogP contribution in [0.5, 0.6) is 0 Å². The normalized spacial score (nSPS) is 12.9. The van der Waals surface area contributed by atoms with Crippen LogP contribution >= 0.6 is 0 Å². The number of nitrogens with zero attached hydrogens (tertiary/aromatic N) is 3. The topological polar surface area (TPSA) is 0 Å². The van der Waals surface area contributed by atoms with Gasteiger partial charge in [0, 0.05) is 12.8 Å².